The average molecular weight is 222 g/mol. The van der Waals surface area contributed by atoms with Crippen LogP contribution in [0.2, 0.25) is 0 Å². The van der Waals surface area contributed by atoms with E-state index in [9.17, 15) is 15.0 Å². The van der Waals surface area contributed by atoms with Gasteiger partial charge in [0.2, 0.25) is 0 Å². The van der Waals surface area contributed by atoms with E-state index in [1.54, 1.807) is 0 Å². The van der Waals surface area contributed by atoms with Crippen molar-refractivity contribution < 1.29 is 15.0 Å². The summed E-state index contributed by atoms with van der Waals surface area (Å²) < 4.78 is 0. The van der Waals surface area contributed by atoms with Gasteiger partial charge in [0.1, 0.15) is 0 Å². The third kappa shape index (κ3) is 0.922. The van der Waals surface area contributed by atoms with E-state index in [1.165, 1.54) is 6.42 Å². The molecule has 4 rings (SSSR count). The Morgan fingerprint density at radius 1 is 0.938 bits per heavy atom. The maximum Gasteiger partial charge on any atom is 0.306 e. The highest BCUT2D eigenvalue weighted by Crippen LogP contribution is 2.68. The van der Waals surface area contributed by atoms with Gasteiger partial charge in [0.15, 0.2) is 0 Å². The van der Waals surface area contributed by atoms with Gasteiger partial charge >= 0.3 is 5.97 Å². The minimum Gasteiger partial charge on any atom is -0.481 e. The molecule has 0 saturated heterocycles. The number of hydrogen-bond donors (Lipinski definition) is 2. The first kappa shape index (κ1) is 9.46. The van der Waals surface area contributed by atoms with Gasteiger partial charge in [-0.1, -0.05) is 0 Å². The highest BCUT2D eigenvalue weighted by Gasteiger charge is 2.65. The largest absolute Gasteiger partial charge is 0.481 e. The van der Waals surface area contributed by atoms with E-state index in [4.69, 9.17) is 0 Å². The molecule has 4 fully saturated rings. The molecule has 2 N–H and O–H groups in total. The lowest BCUT2D eigenvalue weighted by Crippen LogP contribution is -2.39. The van der Waals surface area contributed by atoms with Gasteiger partial charge in [-0.25, -0.2) is 0 Å². The number of rotatable bonds is 1. The molecule has 4 aliphatic carbocycles. The molecule has 0 spiro atoms. The molecular formula is C13H18O3. The van der Waals surface area contributed by atoms with Gasteiger partial charge in [-0.3, -0.25) is 4.79 Å². The van der Waals surface area contributed by atoms with Crippen LogP contribution in [0, 0.1) is 41.4 Å². The Bertz CT molecular complexity index is 353. The van der Waals surface area contributed by atoms with Crippen molar-refractivity contribution in [3.05, 3.63) is 0 Å². The van der Waals surface area contributed by atoms with Crippen LogP contribution in [0.25, 0.3) is 0 Å². The number of carboxylic acids is 1. The van der Waals surface area contributed by atoms with Crippen LogP contribution in [-0.4, -0.2) is 22.3 Å². The van der Waals surface area contributed by atoms with Gasteiger partial charge in [-0.15, -0.1) is 0 Å². The van der Waals surface area contributed by atoms with Crippen LogP contribution in [0.15, 0.2) is 0 Å². The lowest BCUT2D eigenvalue weighted by molar-refractivity contribution is -0.145. The first-order chi connectivity index (χ1) is 7.66. The monoisotopic (exact) mass is 222 g/mol. The summed E-state index contributed by atoms with van der Waals surface area (Å²) in [6.07, 6.45) is 4.06. The normalized spacial score (nSPS) is 61.6. The Balaban J connectivity index is 1.67. The minimum absolute atomic E-state index is 0.0669. The molecular weight excluding hydrogens is 204 g/mol. The SMILES string of the molecule is O=C(O)C1C[C@H]2C[C@@H]1C1C2[C@H]2C[C@@H]1CC2O. The number of aliphatic carboxylic acids is 1. The number of hydrogen-bond acceptors (Lipinski definition) is 2. The maximum absolute atomic E-state index is 11.2. The summed E-state index contributed by atoms with van der Waals surface area (Å²) >= 11 is 0. The van der Waals surface area contributed by atoms with Crippen molar-refractivity contribution in [2.24, 2.45) is 41.4 Å². The molecule has 0 heterocycles. The number of carbonyl (C=O) groups is 1. The van der Waals surface area contributed by atoms with Crippen LogP contribution in [0.3, 0.4) is 0 Å². The number of fused-ring (bicyclic) bond motifs is 9. The molecule has 4 aliphatic rings. The smallest absolute Gasteiger partial charge is 0.306 e. The zero-order chi connectivity index (χ0) is 11.0. The molecule has 0 radical (unpaired) electrons. The van der Waals surface area contributed by atoms with Crippen molar-refractivity contribution in [1.82, 2.24) is 0 Å². The van der Waals surface area contributed by atoms with Crippen LogP contribution < -0.4 is 0 Å². The Morgan fingerprint density at radius 2 is 1.56 bits per heavy atom. The van der Waals surface area contributed by atoms with E-state index >= 15 is 0 Å². The van der Waals surface area contributed by atoms with Crippen LogP contribution in [0.1, 0.15) is 25.7 Å². The summed E-state index contributed by atoms with van der Waals surface area (Å²) in [6, 6.07) is 0. The highest BCUT2D eigenvalue weighted by molar-refractivity contribution is 5.71. The second-order valence-corrected chi connectivity index (χ2v) is 6.46. The maximum atomic E-state index is 11.2. The summed E-state index contributed by atoms with van der Waals surface area (Å²) in [4.78, 5) is 11.2. The van der Waals surface area contributed by atoms with Crippen LogP contribution >= 0.6 is 0 Å². The fraction of sp³-hybridized carbons (Fsp3) is 0.923. The van der Waals surface area contributed by atoms with Crippen molar-refractivity contribution in [3.63, 3.8) is 0 Å². The molecule has 0 aromatic carbocycles. The van der Waals surface area contributed by atoms with Gasteiger partial charge < -0.3 is 10.2 Å². The van der Waals surface area contributed by atoms with E-state index in [-0.39, 0.29) is 12.0 Å². The second-order valence-electron chi connectivity index (χ2n) is 6.46. The quantitative estimate of drug-likeness (QED) is 0.659. The summed E-state index contributed by atoms with van der Waals surface area (Å²) in [6.45, 7) is 0. The molecule has 8 atom stereocenters. The fourth-order valence-electron chi connectivity index (χ4n) is 5.85. The predicted molar refractivity (Wildman–Crippen MR) is 56.5 cm³/mol. The van der Waals surface area contributed by atoms with E-state index in [1.807, 2.05) is 0 Å². The molecule has 4 unspecified atom stereocenters. The fourth-order valence-corrected chi connectivity index (χ4v) is 5.85. The van der Waals surface area contributed by atoms with Crippen molar-refractivity contribution >= 4 is 5.97 Å². The Labute approximate surface area is 94.8 Å². The topological polar surface area (TPSA) is 57.5 Å². The number of aliphatic hydroxyl groups excluding tert-OH is 1. The summed E-state index contributed by atoms with van der Waals surface area (Å²) in [5.41, 5.74) is 0. The minimum atomic E-state index is -0.575. The zero-order valence-electron chi connectivity index (χ0n) is 9.25. The molecule has 4 bridgehead atoms. The lowest BCUT2D eigenvalue weighted by atomic mass is 9.67. The number of aliphatic hydroxyl groups is 1. The average Bonchev–Trinajstić information content (AvgIpc) is 2.91. The van der Waals surface area contributed by atoms with Gasteiger partial charge in [0.05, 0.1) is 12.0 Å². The Morgan fingerprint density at radius 3 is 2.31 bits per heavy atom. The van der Waals surface area contributed by atoms with E-state index < -0.39 is 5.97 Å². The molecule has 4 saturated carbocycles. The number of carboxylic acid groups (broad SMARTS) is 1. The Kier molecular flexibility index (Phi) is 1.66. The van der Waals surface area contributed by atoms with Crippen LogP contribution in [-0.2, 0) is 4.79 Å². The highest BCUT2D eigenvalue weighted by atomic mass is 16.4. The molecule has 0 aliphatic heterocycles. The standard InChI is InChI=1S/C13H18O3/c14-10-4-6-3-9(10)12-5-1-7(11(6)12)8(2-5)13(15)16/h5-12,14H,1-4H2,(H,15,16)/t5-,6-,7+,8?,9+,10?,11?,12?/m1/s1. The van der Waals surface area contributed by atoms with E-state index in [2.05, 4.69) is 0 Å². The third-order valence-corrected chi connectivity index (χ3v) is 6.10. The first-order valence-corrected chi connectivity index (χ1v) is 6.57. The van der Waals surface area contributed by atoms with Crippen molar-refractivity contribution in [2.45, 2.75) is 31.8 Å². The van der Waals surface area contributed by atoms with Crippen LogP contribution in [0.4, 0.5) is 0 Å². The molecule has 3 nitrogen and oxygen atoms in total. The Hall–Kier alpha value is -0.570. The third-order valence-electron chi connectivity index (χ3n) is 6.10. The molecule has 0 aromatic rings. The lowest BCUT2D eigenvalue weighted by Gasteiger charge is -2.39. The predicted octanol–water partition coefficient (Wildman–Crippen LogP) is 1.36. The van der Waals surface area contributed by atoms with E-state index in [0.717, 1.165) is 19.3 Å². The van der Waals surface area contributed by atoms with Crippen LogP contribution in [0.5, 0.6) is 0 Å². The molecule has 16 heavy (non-hydrogen) atoms. The second kappa shape index (κ2) is 2.81. The van der Waals surface area contributed by atoms with Crippen molar-refractivity contribution in [1.29, 1.82) is 0 Å². The first-order valence-electron chi connectivity index (χ1n) is 6.57. The molecule has 0 amide bonds. The summed E-state index contributed by atoms with van der Waals surface area (Å²) in [5.74, 6) is 2.89. The summed E-state index contributed by atoms with van der Waals surface area (Å²) in [7, 11) is 0. The van der Waals surface area contributed by atoms with Crippen molar-refractivity contribution in [3.8, 4) is 0 Å². The zero-order valence-corrected chi connectivity index (χ0v) is 9.25. The van der Waals surface area contributed by atoms with E-state index in [0.29, 0.717) is 35.5 Å². The summed E-state index contributed by atoms with van der Waals surface area (Å²) in [5, 5.41) is 19.2. The molecule has 88 valence electrons. The van der Waals surface area contributed by atoms with Gasteiger partial charge in [0.25, 0.3) is 0 Å². The van der Waals surface area contributed by atoms with Gasteiger partial charge in [0, 0.05) is 0 Å². The van der Waals surface area contributed by atoms with Crippen molar-refractivity contribution in [2.75, 3.05) is 0 Å². The molecule has 0 aromatic heterocycles. The molecule has 3 heteroatoms. The van der Waals surface area contributed by atoms with Gasteiger partial charge in [-0.05, 0) is 61.2 Å². The van der Waals surface area contributed by atoms with Gasteiger partial charge in [-0.2, -0.15) is 0 Å².